The summed E-state index contributed by atoms with van der Waals surface area (Å²) in [5, 5.41) is 1.24. The fraction of sp³-hybridized carbons (Fsp3) is 0.167. The quantitative estimate of drug-likeness (QED) is 0.889. The molecule has 0 aliphatic heterocycles. The van der Waals surface area contributed by atoms with E-state index in [-0.39, 0.29) is 0 Å². The van der Waals surface area contributed by atoms with E-state index in [2.05, 4.69) is 44.9 Å². The second kappa shape index (κ2) is 4.21. The van der Waals surface area contributed by atoms with Crippen molar-refractivity contribution in [2.24, 2.45) is 12.8 Å². The van der Waals surface area contributed by atoms with Gasteiger partial charge in [-0.2, -0.15) is 0 Å². The van der Waals surface area contributed by atoms with Crippen molar-refractivity contribution >= 4 is 32.9 Å². The van der Waals surface area contributed by atoms with Gasteiger partial charge in [0.15, 0.2) is 0 Å². The van der Waals surface area contributed by atoms with Gasteiger partial charge in [-0.25, -0.2) is 0 Å². The molecule has 0 radical (unpaired) electrons. The Morgan fingerprint density at radius 2 is 2.27 bits per heavy atom. The standard InChI is InChI=1S/C12H13BrN2/c1-15-8-11(13)10-5-4-9(3-2-6-14)7-12(10)15/h2-5,7-8H,6,14H2,1H3/b3-2+. The van der Waals surface area contributed by atoms with Crippen LogP contribution >= 0.6 is 15.9 Å². The van der Waals surface area contributed by atoms with Gasteiger partial charge in [-0.15, -0.1) is 0 Å². The van der Waals surface area contributed by atoms with Crippen LogP contribution in [-0.4, -0.2) is 11.1 Å². The molecular weight excluding hydrogens is 252 g/mol. The first-order chi connectivity index (χ1) is 7.22. The summed E-state index contributed by atoms with van der Waals surface area (Å²) in [6.07, 6.45) is 6.07. The third-order valence-electron chi connectivity index (χ3n) is 2.41. The number of nitrogens with zero attached hydrogens (tertiary/aromatic N) is 1. The van der Waals surface area contributed by atoms with Gasteiger partial charge >= 0.3 is 0 Å². The van der Waals surface area contributed by atoms with Gasteiger partial charge in [0, 0.05) is 35.2 Å². The van der Waals surface area contributed by atoms with E-state index in [1.54, 1.807) is 0 Å². The molecular formula is C12H13BrN2. The summed E-state index contributed by atoms with van der Waals surface area (Å²) in [6.45, 7) is 0.578. The zero-order chi connectivity index (χ0) is 10.8. The summed E-state index contributed by atoms with van der Waals surface area (Å²) in [6, 6.07) is 6.38. The minimum Gasteiger partial charge on any atom is -0.349 e. The molecule has 0 aliphatic rings. The van der Waals surface area contributed by atoms with Crippen molar-refractivity contribution in [2.45, 2.75) is 0 Å². The summed E-state index contributed by atoms with van der Waals surface area (Å²) in [7, 11) is 2.05. The highest BCUT2D eigenvalue weighted by atomic mass is 79.9. The van der Waals surface area contributed by atoms with Crippen molar-refractivity contribution in [3.05, 3.63) is 40.5 Å². The molecule has 3 heteroatoms. The Bertz CT molecular complexity index is 512. The molecule has 1 aromatic heterocycles. The van der Waals surface area contributed by atoms with E-state index in [0.29, 0.717) is 6.54 Å². The van der Waals surface area contributed by atoms with Crippen LogP contribution in [0.5, 0.6) is 0 Å². The van der Waals surface area contributed by atoms with Gasteiger partial charge < -0.3 is 10.3 Å². The molecule has 15 heavy (non-hydrogen) atoms. The van der Waals surface area contributed by atoms with E-state index < -0.39 is 0 Å². The number of nitrogens with two attached hydrogens (primary N) is 1. The minimum atomic E-state index is 0.578. The normalized spacial score (nSPS) is 11.7. The van der Waals surface area contributed by atoms with Gasteiger partial charge in [0.2, 0.25) is 0 Å². The fourth-order valence-corrected chi connectivity index (χ4v) is 2.30. The van der Waals surface area contributed by atoms with Crippen molar-refractivity contribution in [1.29, 1.82) is 0 Å². The molecule has 0 unspecified atom stereocenters. The number of halogens is 1. The van der Waals surface area contributed by atoms with Crippen LogP contribution in [0.25, 0.3) is 17.0 Å². The predicted octanol–water partition coefficient (Wildman–Crippen LogP) is 2.91. The summed E-state index contributed by atoms with van der Waals surface area (Å²) in [5.41, 5.74) is 7.83. The summed E-state index contributed by atoms with van der Waals surface area (Å²) < 4.78 is 3.24. The Labute approximate surface area is 97.5 Å². The smallest absolute Gasteiger partial charge is 0.0495 e. The second-order valence-corrected chi connectivity index (χ2v) is 4.36. The van der Waals surface area contributed by atoms with Crippen molar-refractivity contribution in [2.75, 3.05) is 6.54 Å². The number of aryl methyl sites for hydroxylation is 1. The van der Waals surface area contributed by atoms with Crippen LogP contribution < -0.4 is 5.73 Å². The number of rotatable bonds is 2. The summed E-state index contributed by atoms with van der Waals surface area (Å²) in [4.78, 5) is 0. The maximum Gasteiger partial charge on any atom is 0.0495 e. The highest BCUT2D eigenvalue weighted by Crippen LogP contribution is 2.26. The largest absolute Gasteiger partial charge is 0.349 e. The van der Waals surface area contributed by atoms with Crippen LogP contribution in [0, 0.1) is 0 Å². The van der Waals surface area contributed by atoms with Gasteiger partial charge in [0.25, 0.3) is 0 Å². The number of fused-ring (bicyclic) bond motifs is 1. The Morgan fingerprint density at radius 3 is 3.00 bits per heavy atom. The molecule has 0 saturated heterocycles. The first-order valence-corrected chi connectivity index (χ1v) is 5.63. The van der Waals surface area contributed by atoms with Crippen LogP contribution in [0.3, 0.4) is 0 Å². The molecule has 0 amide bonds. The lowest BCUT2D eigenvalue weighted by Crippen LogP contribution is -1.92. The molecule has 78 valence electrons. The Hall–Kier alpha value is -1.06. The van der Waals surface area contributed by atoms with Gasteiger partial charge in [-0.3, -0.25) is 0 Å². The molecule has 0 atom stereocenters. The zero-order valence-corrected chi connectivity index (χ0v) is 10.2. The Kier molecular flexibility index (Phi) is 2.93. The van der Waals surface area contributed by atoms with Gasteiger partial charge in [-0.1, -0.05) is 24.3 Å². The number of hydrogen-bond acceptors (Lipinski definition) is 1. The topological polar surface area (TPSA) is 30.9 Å². The molecule has 2 N–H and O–H groups in total. The van der Waals surface area contributed by atoms with Crippen molar-refractivity contribution < 1.29 is 0 Å². The van der Waals surface area contributed by atoms with Crippen LogP contribution in [-0.2, 0) is 7.05 Å². The average molecular weight is 265 g/mol. The lowest BCUT2D eigenvalue weighted by molar-refractivity contribution is 0.966. The molecule has 0 bridgehead atoms. The molecule has 0 fully saturated rings. The highest BCUT2D eigenvalue weighted by molar-refractivity contribution is 9.10. The molecule has 1 aromatic carbocycles. The lowest BCUT2D eigenvalue weighted by Gasteiger charge is -1.98. The van der Waals surface area contributed by atoms with Gasteiger partial charge in [0.1, 0.15) is 0 Å². The number of hydrogen-bond donors (Lipinski definition) is 1. The highest BCUT2D eigenvalue weighted by Gasteiger charge is 2.03. The van der Waals surface area contributed by atoms with E-state index in [9.17, 15) is 0 Å². The van der Waals surface area contributed by atoms with Crippen LogP contribution in [0.15, 0.2) is 34.9 Å². The predicted molar refractivity (Wildman–Crippen MR) is 68.7 cm³/mol. The average Bonchev–Trinajstić information content (AvgIpc) is 2.52. The van der Waals surface area contributed by atoms with Crippen molar-refractivity contribution in [3.8, 4) is 0 Å². The third kappa shape index (κ3) is 1.98. The molecule has 2 aromatic rings. The third-order valence-corrected chi connectivity index (χ3v) is 3.04. The zero-order valence-electron chi connectivity index (χ0n) is 8.57. The first-order valence-electron chi connectivity index (χ1n) is 4.83. The Morgan fingerprint density at radius 1 is 1.47 bits per heavy atom. The van der Waals surface area contributed by atoms with Crippen LogP contribution in [0.4, 0.5) is 0 Å². The molecule has 1 heterocycles. The van der Waals surface area contributed by atoms with Crippen molar-refractivity contribution in [3.63, 3.8) is 0 Å². The first kappa shape index (κ1) is 10.5. The minimum absolute atomic E-state index is 0.578. The maximum atomic E-state index is 5.42. The SMILES string of the molecule is Cn1cc(Br)c2ccc(/C=C/CN)cc21. The van der Waals surface area contributed by atoms with E-state index in [1.807, 2.05) is 19.2 Å². The van der Waals surface area contributed by atoms with Crippen LogP contribution in [0.1, 0.15) is 5.56 Å². The van der Waals surface area contributed by atoms with Crippen molar-refractivity contribution in [1.82, 2.24) is 4.57 Å². The second-order valence-electron chi connectivity index (χ2n) is 3.50. The van der Waals surface area contributed by atoms with Crippen LogP contribution in [0.2, 0.25) is 0 Å². The molecule has 0 saturated carbocycles. The number of aromatic nitrogens is 1. The molecule has 0 spiro atoms. The summed E-state index contributed by atoms with van der Waals surface area (Å²) in [5.74, 6) is 0. The monoisotopic (exact) mass is 264 g/mol. The van der Waals surface area contributed by atoms with E-state index in [0.717, 1.165) is 4.47 Å². The molecule has 2 rings (SSSR count). The van der Waals surface area contributed by atoms with E-state index in [4.69, 9.17) is 5.73 Å². The van der Waals surface area contributed by atoms with Gasteiger partial charge in [0.05, 0.1) is 0 Å². The number of benzene rings is 1. The van der Waals surface area contributed by atoms with Gasteiger partial charge in [-0.05, 0) is 27.6 Å². The maximum absolute atomic E-state index is 5.42. The molecule has 2 nitrogen and oxygen atoms in total. The van der Waals surface area contributed by atoms with E-state index >= 15 is 0 Å². The van der Waals surface area contributed by atoms with E-state index in [1.165, 1.54) is 16.5 Å². The lowest BCUT2D eigenvalue weighted by atomic mass is 10.1. The Balaban J connectivity index is 2.55. The summed E-state index contributed by atoms with van der Waals surface area (Å²) >= 11 is 3.54. The fourth-order valence-electron chi connectivity index (χ4n) is 1.66. The molecule has 0 aliphatic carbocycles.